The van der Waals surface area contributed by atoms with Crippen molar-refractivity contribution in [3.63, 3.8) is 0 Å². The largest absolute Gasteiger partial charge is 0.456 e. The quantitative estimate of drug-likeness (QED) is 0.900. The molecule has 1 aromatic carbocycles. The van der Waals surface area contributed by atoms with Gasteiger partial charge in [0.15, 0.2) is 0 Å². The molecule has 0 bridgehead atoms. The molecule has 0 atom stereocenters. The summed E-state index contributed by atoms with van der Waals surface area (Å²) < 4.78 is 5.67. The summed E-state index contributed by atoms with van der Waals surface area (Å²) in [5, 5.41) is 0. The number of amides is 1. The predicted octanol–water partition coefficient (Wildman–Crippen LogP) is 3.28. The fourth-order valence-electron chi connectivity index (χ4n) is 2.49. The Labute approximate surface area is 154 Å². The summed E-state index contributed by atoms with van der Waals surface area (Å²) in [6.07, 6.45) is 5.08. The molecule has 3 rings (SSSR count). The van der Waals surface area contributed by atoms with Crippen molar-refractivity contribution in [1.29, 1.82) is 0 Å². The molecule has 1 aliphatic rings. The SMILES string of the molecule is Cl.Cl.NC1CCN(C(=O)c2ccc(Oc3cccnc3)cc2)CC1. The number of nitrogens with two attached hydrogens (primary N) is 1. The molecule has 24 heavy (non-hydrogen) atoms. The number of halogens is 2. The summed E-state index contributed by atoms with van der Waals surface area (Å²) in [6.45, 7) is 1.46. The van der Waals surface area contributed by atoms with Crippen molar-refractivity contribution in [2.45, 2.75) is 18.9 Å². The zero-order chi connectivity index (χ0) is 15.4. The van der Waals surface area contributed by atoms with Crippen LogP contribution >= 0.6 is 24.8 Å². The van der Waals surface area contributed by atoms with Crippen molar-refractivity contribution in [2.75, 3.05) is 13.1 Å². The first-order valence-corrected chi connectivity index (χ1v) is 7.45. The maximum atomic E-state index is 12.4. The molecule has 130 valence electrons. The molecule has 0 spiro atoms. The molecule has 7 heteroatoms. The van der Waals surface area contributed by atoms with E-state index >= 15 is 0 Å². The molecule has 1 fully saturated rings. The average molecular weight is 370 g/mol. The van der Waals surface area contributed by atoms with Crippen LogP contribution in [0.4, 0.5) is 0 Å². The summed E-state index contributed by atoms with van der Waals surface area (Å²) in [5.41, 5.74) is 6.54. The van der Waals surface area contributed by atoms with Gasteiger partial charge in [-0.15, -0.1) is 24.8 Å². The van der Waals surface area contributed by atoms with Gasteiger partial charge in [0.25, 0.3) is 5.91 Å². The average Bonchev–Trinajstić information content (AvgIpc) is 2.57. The Balaban J connectivity index is 0.00000144. The number of carbonyl (C=O) groups excluding carboxylic acids is 1. The monoisotopic (exact) mass is 369 g/mol. The van der Waals surface area contributed by atoms with E-state index in [9.17, 15) is 4.79 Å². The van der Waals surface area contributed by atoms with Crippen molar-refractivity contribution >= 4 is 30.7 Å². The summed E-state index contributed by atoms with van der Waals surface area (Å²) in [6, 6.07) is 11.1. The van der Waals surface area contributed by atoms with Gasteiger partial charge in [-0.05, 0) is 49.2 Å². The van der Waals surface area contributed by atoms with E-state index in [0.717, 1.165) is 25.9 Å². The highest BCUT2D eigenvalue weighted by Crippen LogP contribution is 2.21. The molecule has 1 amide bonds. The fraction of sp³-hybridized carbons (Fsp3) is 0.294. The van der Waals surface area contributed by atoms with E-state index in [1.54, 1.807) is 36.7 Å². The van der Waals surface area contributed by atoms with Gasteiger partial charge in [-0.3, -0.25) is 9.78 Å². The van der Waals surface area contributed by atoms with Crippen LogP contribution in [0.3, 0.4) is 0 Å². The molecular weight excluding hydrogens is 349 g/mol. The number of aromatic nitrogens is 1. The number of piperidine rings is 1. The van der Waals surface area contributed by atoms with Gasteiger partial charge in [-0.25, -0.2) is 0 Å². The smallest absolute Gasteiger partial charge is 0.253 e. The van der Waals surface area contributed by atoms with Gasteiger partial charge in [0.2, 0.25) is 0 Å². The molecule has 2 N–H and O–H groups in total. The van der Waals surface area contributed by atoms with Crippen molar-refractivity contribution in [2.24, 2.45) is 5.73 Å². The first-order chi connectivity index (χ1) is 10.7. The van der Waals surface area contributed by atoms with E-state index in [1.165, 1.54) is 0 Å². The molecule has 1 aromatic heterocycles. The Kier molecular flexibility index (Phi) is 7.98. The number of hydrogen-bond donors (Lipinski definition) is 1. The Hall–Kier alpha value is -1.82. The van der Waals surface area contributed by atoms with E-state index in [0.29, 0.717) is 17.1 Å². The van der Waals surface area contributed by atoms with Crippen LogP contribution in [-0.4, -0.2) is 34.9 Å². The van der Waals surface area contributed by atoms with Crippen LogP contribution in [0.15, 0.2) is 48.8 Å². The minimum absolute atomic E-state index is 0. The summed E-state index contributed by atoms with van der Waals surface area (Å²) in [5.74, 6) is 1.41. The van der Waals surface area contributed by atoms with Gasteiger partial charge < -0.3 is 15.4 Å². The number of pyridine rings is 1. The third kappa shape index (κ3) is 5.09. The molecule has 1 aliphatic heterocycles. The zero-order valence-corrected chi connectivity index (χ0v) is 14.8. The highest BCUT2D eigenvalue weighted by Gasteiger charge is 2.21. The van der Waals surface area contributed by atoms with Crippen LogP contribution in [0, 0.1) is 0 Å². The van der Waals surface area contributed by atoms with Crippen LogP contribution in [0.25, 0.3) is 0 Å². The van der Waals surface area contributed by atoms with Crippen LogP contribution < -0.4 is 10.5 Å². The predicted molar refractivity (Wildman–Crippen MR) is 98.4 cm³/mol. The van der Waals surface area contributed by atoms with Gasteiger partial charge in [-0.1, -0.05) is 0 Å². The second kappa shape index (κ2) is 9.47. The second-order valence-electron chi connectivity index (χ2n) is 5.44. The van der Waals surface area contributed by atoms with Crippen molar-refractivity contribution in [3.8, 4) is 11.5 Å². The molecular formula is C17H21Cl2N3O2. The summed E-state index contributed by atoms with van der Waals surface area (Å²) >= 11 is 0. The summed E-state index contributed by atoms with van der Waals surface area (Å²) in [4.78, 5) is 18.3. The van der Waals surface area contributed by atoms with Gasteiger partial charge in [0.05, 0.1) is 6.20 Å². The standard InChI is InChI=1S/C17H19N3O2.2ClH/c18-14-7-10-20(11-8-14)17(21)13-3-5-15(6-4-13)22-16-2-1-9-19-12-16;;/h1-6,9,12,14H,7-8,10-11,18H2;2*1H. The molecule has 0 radical (unpaired) electrons. The van der Waals surface area contributed by atoms with Crippen molar-refractivity contribution in [1.82, 2.24) is 9.88 Å². The highest BCUT2D eigenvalue weighted by atomic mass is 35.5. The van der Waals surface area contributed by atoms with Crippen LogP contribution in [0.5, 0.6) is 11.5 Å². The molecule has 0 unspecified atom stereocenters. The van der Waals surface area contributed by atoms with E-state index in [1.807, 2.05) is 17.0 Å². The molecule has 5 nitrogen and oxygen atoms in total. The number of nitrogens with zero attached hydrogens (tertiary/aromatic N) is 2. The lowest BCUT2D eigenvalue weighted by atomic mass is 10.0. The first-order valence-electron chi connectivity index (χ1n) is 7.45. The number of ether oxygens (including phenoxy) is 1. The maximum Gasteiger partial charge on any atom is 0.253 e. The minimum Gasteiger partial charge on any atom is -0.456 e. The second-order valence-corrected chi connectivity index (χ2v) is 5.44. The van der Waals surface area contributed by atoms with E-state index in [-0.39, 0.29) is 36.8 Å². The minimum atomic E-state index is 0. The van der Waals surface area contributed by atoms with Gasteiger partial charge in [-0.2, -0.15) is 0 Å². The number of carbonyl (C=O) groups is 1. The number of benzene rings is 1. The van der Waals surface area contributed by atoms with E-state index in [2.05, 4.69) is 4.98 Å². The van der Waals surface area contributed by atoms with Crippen LogP contribution in [-0.2, 0) is 0 Å². The maximum absolute atomic E-state index is 12.4. The topological polar surface area (TPSA) is 68.5 Å². The third-order valence-electron chi connectivity index (χ3n) is 3.80. The Morgan fingerprint density at radius 3 is 2.33 bits per heavy atom. The lowest BCUT2D eigenvalue weighted by Crippen LogP contribution is -2.42. The lowest BCUT2D eigenvalue weighted by molar-refractivity contribution is 0.0715. The fourth-order valence-corrected chi connectivity index (χ4v) is 2.49. The van der Waals surface area contributed by atoms with Crippen molar-refractivity contribution < 1.29 is 9.53 Å². The molecule has 2 heterocycles. The molecule has 0 aliphatic carbocycles. The normalized spacial score (nSPS) is 14.3. The zero-order valence-electron chi connectivity index (χ0n) is 13.1. The lowest BCUT2D eigenvalue weighted by Gasteiger charge is -2.30. The number of likely N-dealkylation sites (tertiary alicyclic amines) is 1. The van der Waals surface area contributed by atoms with E-state index in [4.69, 9.17) is 10.5 Å². The Bertz CT molecular complexity index is 630. The highest BCUT2D eigenvalue weighted by molar-refractivity contribution is 5.94. The summed E-state index contributed by atoms with van der Waals surface area (Å²) in [7, 11) is 0. The first kappa shape index (κ1) is 20.2. The number of rotatable bonds is 3. The van der Waals surface area contributed by atoms with Crippen LogP contribution in [0.2, 0.25) is 0 Å². The Morgan fingerprint density at radius 2 is 1.75 bits per heavy atom. The van der Waals surface area contributed by atoms with Gasteiger partial charge in [0, 0.05) is 30.9 Å². The van der Waals surface area contributed by atoms with E-state index < -0.39 is 0 Å². The van der Waals surface area contributed by atoms with Crippen molar-refractivity contribution in [3.05, 3.63) is 54.4 Å². The third-order valence-corrected chi connectivity index (χ3v) is 3.80. The molecule has 1 saturated heterocycles. The van der Waals surface area contributed by atoms with Gasteiger partial charge in [0.1, 0.15) is 11.5 Å². The van der Waals surface area contributed by atoms with Crippen LogP contribution in [0.1, 0.15) is 23.2 Å². The molecule has 2 aromatic rings. The number of hydrogen-bond acceptors (Lipinski definition) is 4. The molecule has 0 saturated carbocycles. The Morgan fingerprint density at radius 1 is 1.08 bits per heavy atom. The van der Waals surface area contributed by atoms with Gasteiger partial charge >= 0.3 is 0 Å².